The molecule has 124 valence electrons. The van der Waals surface area contributed by atoms with E-state index >= 15 is 0 Å². The van der Waals surface area contributed by atoms with Gasteiger partial charge in [-0.3, -0.25) is 4.79 Å². The number of hydrogen-bond donors (Lipinski definition) is 1. The molecule has 1 amide bonds. The summed E-state index contributed by atoms with van der Waals surface area (Å²) < 4.78 is 10.8. The van der Waals surface area contributed by atoms with Crippen LogP contribution in [0.2, 0.25) is 0 Å². The molecule has 1 aliphatic rings. The number of nitrogens with zero attached hydrogens (tertiary/aromatic N) is 2. The van der Waals surface area contributed by atoms with Gasteiger partial charge in [0.25, 0.3) is 11.1 Å². The quantitative estimate of drug-likeness (QED) is 0.813. The van der Waals surface area contributed by atoms with Crippen molar-refractivity contribution in [2.24, 2.45) is 0 Å². The number of rotatable bonds is 6. The lowest BCUT2D eigenvalue weighted by Gasteiger charge is -2.22. The van der Waals surface area contributed by atoms with Crippen LogP contribution in [0.15, 0.2) is 26.4 Å². The Kier molecular flexibility index (Phi) is 5.38. The predicted molar refractivity (Wildman–Crippen MR) is 87.1 cm³/mol. The van der Waals surface area contributed by atoms with E-state index in [1.807, 2.05) is 6.92 Å². The third kappa shape index (κ3) is 4.37. The van der Waals surface area contributed by atoms with Crippen LogP contribution in [-0.2, 0) is 4.79 Å². The van der Waals surface area contributed by atoms with Crippen molar-refractivity contribution < 1.29 is 13.6 Å². The molecular weight excluding hydrogens is 314 g/mol. The van der Waals surface area contributed by atoms with Gasteiger partial charge in [0, 0.05) is 18.2 Å². The number of hydrogen-bond acceptors (Lipinski definition) is 6. The van der Waals surface area contributed by atoms with Crippen LogP contribution in [0.25, 0.3) is 11.5 Å². The first-order chi connectivity index (χ1) is 11.2. The number of amides is 1. The Labute approximate surface area is 139 Å². The van der Waals surface area contributed by atoms with Gasteiger partial charge in [0.1, 0.15) is 5.76 Å². The third-order valence-corrected chi connectivity index (χ3v) is 4.84. The fraction of sp³-hybridized carbons (Fsp3) is 0.562. The van der Waals surface area contributed by atoms with Crippen molar-refractivity contribution in [3.05, 3.63) is 18.1 Å². The van der Waals surface area contributed by atoms with Gasteiger partial charge in [0.2, 0.25) is 5.91 Å². The lowest BCUT2D eigenvalue weighted by Crippen LogP contribution is -2.36. The highest BCUT2D eigenvalue weighted by atomic mass is 32.2. The number of nitrogens with one attached hydrogen (secondary N) is 1. The molecule has 0 unspecified atom stereocenters. The van der Waals surface area contributed by atoms with Gasteiger partial charge < -0.3 is 14.2 Å². The predicted octanol–water partition coefficient (Wildman–Crippen LogP) is 3.57. The van der Waals surface area contributed by atoms with Gasteiger partial charge in [-0.1, -0.05) is 31.0 Å². The van der Waals surface area contributed by atoms with Crippen LogP contribution in [0, 0.1) is 6.92 Å². The Morgan fingerprint density at radius 2 is 2.17 bits per heavy atom. The van der Waals surface area contributed by atoms with Gasteiger partial charge >= 0.3 is 0 Å². The van der Waals surface area contributed by atoms with Crippen molar-refractivity contribution in [2.45, 2.75) is 56.7 Å². The van der Waals surface area contributed by atoms with Crippen molar-refractivity contribution in [3.63, 3.8) is 0 Å². The number of furan rings is 1. The second kappa shape index (κ2) is 7.68. The number of carbonyl (C=O) groups is 1. The smallest absolute Gasteiger partial charge is 0.276 e. The van der Waals surface area contributed by atoms with E-state index in [1.54, 1.807) is 12.3 Å². The molecule has 0 atom stereocenters. The minimum atomic E-state index is 0.106. The van der Waals surface area contributed by atoms with E-state index in [1.165, 1.54) is 31.0 Å². The van der Waals surface area contributed by atoms with Crippen LogP contribution in [-0.4, -0.2) is 27.9 Å². The monoisotopic (exact) mass is 335 g/mol. The molecule has 0 bridgehead atoms. The average molecular weight is 335 g/mol. The summed E-state index contributed by atoms with van der Waals surface area (Å²) in [7, 11) is 0. The van der Waals surface area contributed by atoms with E-state index < -0.39 is 0 Å². The first kappa shape index (κ1) is 16.1. The van der Waals surface area contributed by atoms with Gasteiger partial charge in [0.15, 0.2) is 0 Å². The van der Waals surface area contributed by atoms with Crippen molar-refractivity contribution in [1.29, 1.82) is 0 Å². The summed E-state index contributed by atoms with van der Waals surface area (Å²) >= 11 is 1.40. The highest BCUT2D eigenvalue weighted by molar-refractivity contribution is 7.99. The SMILES string of the molecule is Cc1occc1-c1nnc(SCCC(=O)NC2CCCCC2)o1. The van der Waals surface area contributed by atoms with Gasteiger partial charge in [-0.25, -0.2) is 0 Å². The van der Waals surface area contributed by atoms with Crippen LogP contribution in [0.3, 0.4) is 0 Å². The van der Waals surface area contributed by atoms with Crippen LogP contribution < -0.4 is 5.32 Å². The molecule has 2 aromatic rings. The van der Waals surface area contributed by atoms with E-state index in [-0.39, 0.29) is 5.91 Å². The Morgan fingerprint density at radius 1 is 1.35 bits per heavy atom. The van der Waals surface area contributed by atoms with Gasteiger partial charge in [-0.2, -0.15) is 0 Å². The van der Waals surface area contributed by atoms with Crippen LogP contribution in [0.5, 0.6) is 0 Å². The summed E-state index contributed by atoms with van der Waals surface area (Å²) in [6.07, 6.45) is 8.00. The lowest BCUT2D eigenvalue weighted by molar-refractivity contribution is -0.121. The van der Waals surface area contributed by atoms with E-state index in [0.717, 1.165) is 24.2 Å². The zero-order valence-electron chi connectivity index (χ0n) is 13.2. The van der Waals surface area contributed by atoms with Crippen LogP contribution >= 0.6 is 11.8 Å². The Morgan fingerprint density at radius 3 is 2.91 bits per heavy atom. The number of carbonyl (C=O) groups excluding carboxylic acids is 1. The van der Waals surface area contributed by atoms with Crippen LogP contribution in [0.1, 0.15) is 44.3 Å². The molecule has 7 heteroatoms. The Bertz CT molecular complexity index is 647. The standard InChI is InChI=1S/C16H21N3O3S/c1-11-13(7-9-21-11)15-18-19-16(22-15)23-10-8-14(20)17-12-5-3-2-4-6-12/h7,9,12H,2-6,8,10H2,1H3,(H,17,20). The molecular formula is C16H21N3O3S. The molecule has 1 saturated carbocycles. The normalized spacial score (nSPS) is 15.7. The molecule has 0 saturated heterocycles. The first-order valence-electron chi connectivity index (χ1n) is 8.02. The summed E-state index contributed by atoms with van der Waals surface area (Å²) in [5.41, 5.74) is 0.805. The highest BCUT2D eigenvalue weighted by Crippen LogP contribution is 2.26. The maximum Gasteiger partial charge on any atom is 0.276 e. The molecule has 1 aliphatic carbocycles. The minimum Gasteiger partial charge on any atom is -0.469 e. The summed E-state index contributed by atoms with van der Waals surface area (Å²) in [5, 5.41) is 11.6. The molecule has 1 N–H and O–H groups in total. The third-order valence-electron chi connectivity index (χ3n) is 4.02. The van der Waals surface area contributed by atoms with Gasteiger partial charge in [0.05, 0.1) is 11.8 Å². The molecule has 0 radical (unpaired) electrons. The number of aryl methyl sites for hydroxylation is 1. The molecule has 3 rings (SSSR count). The van der Waals surface area contributed by atoms with Crippen molar-refractivity contribution >= 4 is 17.7 Å². The van der Waals surface area contributed by atoms with E-state index in [2.05, 4.69) is 15.5 Å². The summed E-state index contributed by atoms with van der Waals surface area (Å²) in [6.45, 7) is 1.85. The molecule has 23 heavy (non-hydrogen) atoms. The maximum atomic E-state index is 11.9. The van der Waals surface area contributed by atoms with Crippen molar-refractivity contribution in [1.82, 2.24) is 15.5 Å². The van der Waals surface area contributed by atoms with E-state index in [9.17, 15) is 4.79 Å². The topological polar surface area (TPSA) is 81.2 Å². The van der Waals surface area contributed by atoms with Crippen molar-refractivity contribution in [2.75, 3.05) is 5.75 Å². The van der Waals surface area contributed by atoms with Crippen LogP contribution in [0.4, 0.5) is 0 Å². The molecule has 0 aromatic carbocycles. The summed E-state index contributed by atoms with van der Waals surface area (Å²) in [6, 6.07) is 2.16. The second-order valence-electron chi connectivity index (χ2n) is 5.76. The average Bonchev–Trinajstić information content (AvgIpc) is 3.17. The molecule has 0 aliphatic heterocycles. The van der Waals surface area contributed by atoms with E-state index in [4.69, 9.17) is 8.83 Å². The minimum absolute atomic E-state index is 0.106. The van der Waals surface area contributed by atoms with E-state index in [0.29, 0.717) is 29.3 Å². The molecule has 2 aromatic heterocycles. The molecule has 6 nitrogen and oxygen atoms in total. The second-order valence-corrected chi connectivity index (χ2v) is 6.81. The fourth-order valence-corrected chi connectivity index (χ4v) is 3.46. The largest absolute Gasteiger partial charge is 0.469 e. The molecule has 1 fully saturated rings. The highest BCUT2D eigenvalue weighted by Gasteiger charge is 2.16. The van der Waals surface area contributed by atoms with Crippen molar-refractivity contribution in [3.8, 4) is 11.5 Å². The number of thioether (sulfide) groups is 1. The summed E-state index contributed by atoms with van der Waals surface area (Å²) in [5.74, 6) is 1.93. The lowest BCUT2D eigenvalue weighted by atomic mass is 9.95. The zero-order valence-corrected chi connectivity index (χ0v) is 14.0. The Hall–Kier alpha value is -1.76. The molecule has 2 heterocycles. The van der Waals surface area contributed by atoms with Gasteiger partial charge in [-0.05, 0) is 25.8 Å². The Balaban J connectivity index is 1.43. The first-order valence-corrected chi connectivity index (χ1v) is 9.01. The maximum absolute atomic E-state index is 11.9. The number of aromatic nitrogens is 2. The fourth-order valence-electron chi connectivity index (χ4n) is 2.76. The van der Waals surface area contributed by atoms with Gasteiger partial charge in [-0.15, -0.1) is 10.2 Å². The molecule has 0 spiro atoms. The zero-order chi connectivity index (χ0) is 16.1. The summed E-state index contributed by atoms with van der Waals surface area (Å²) in [4.78, 5) is 11.9.